The third kappa shape index (κ3) is 2.61. The average Bonchev–Trinajstić information content (AvgIpc) is 2.73. The summed E-state index contributed by atoms with van der Waals surface area (Å²) < 4.78 is 5.11. The molecular weight excluding hydrogens is 228 g/mol. The smallest absolute Gasteiger partial charge is 0.251 e. The molecule has 82 valence electrons. The van der Waals surface area contributed by atoms with Crippen molar-refractivity contribution < 1.29 is 9.21 Å². The Labute approximate surface area is 97.2 Å². The molecule has 1 N–H and O–H groups in total. The van der Waals surface area contributed by atoms with E-state index in [9.17, 15) is 4.79 Å². The Kier molecular flexibility index (Phi) is 3.22. The molecule has 0 aliphatic heterocycles. The van der Waals surface area contributed by atoms with E-state index in [1.807, 2.05) is 0 Å². The minimum absolute atomic E-state index is 0.171. The van der Waals surface area contributed by atoms with Gasteiger partial charge in [-0.2, -0.15) is 0 Å². The Balaban J connectivity index is 1.94. The van der Waals surface area contributed by atoms with Gasteiger partial charge in [-0.15, -0.1) is 0 Å². The average molecular weight is 237 g/mol. The second-order valence-electron chi connectivity index (χ2n) is 3.12. The van der Waals surface area contributed by atoms with E-state index in [-0.39, 0.29) is 5.91 Å². The second kappa shape index (κ2) is 4.81. The number of rotatable bonds is 3. The Morgan fingerprint density at radius 1 is 1.31 bits per heavy atom. The maximum absolute atomic E-state index is 11.6. The van der Waals surface area contributed by atoms with Gasteiger partial charge in [-0.3, -0.25) is 9.78 Å². The normalized spacial score (nSPS) is 10.1. The summed E-state index contributed by atoms with van der Waals surface area (Å²) in [6.45, 7) is 0.313. The quantitative estimate of drug-likeness (QED) is 0.889. The molecule has 0 saturated carbocycles. The largest absolute Gasteiger partial charge is 0.448 e. The summed E-state index contributed by atoms with van der Waals surface area (Å²) in [5.74, 6) is 0.447. The van der Waals surface area contributed by atoms with E-state index >= 15 is 0 Å². The molecular formula is C11H9ClN2O2. The lowest BCUT2D eigenvalue weighted by molar-refractivity contribution is 0.0948. The topological polar surface area (TPSA) is 55.1 Å². The molecule has 2 rings (SSSR count). The lowest BCUT2D eigenvalue weighted by Crippen LogP contribution is -2.22. The van der Waals surface area contributed by atoms with Crippen molar-refractivity contribution in [2.45, 2.75) is 6.54 Å². The van der Waals surface area contributed by atoms with Crippen LogP contribution in [-0.2, 0) is 6.54 Å². The molecule has 0 bridgehead atoms. The highest BCUT2D eigenvalue weighted by Gasteiger charge is 2.05. The number of furan rings is 1. The fourth-order valence-electron chi connectivity index (χ4n) is 1.22. The summed E-state index contributed by atoms with van der Waals surface area (Å²) in [6, 6.07) is 6.64. The first kappa shape index (κ1) is 10.7. The molecule has 0 unspecified atom stereocenters. The van der Waals surface area contributed by atoms with Crippen molar-refractivity contribution in [3.05, 3.63) is 53.2 Å². The van der Waals surface area contributed by atoms with Crippen LogP contribution in [-0.4, -0.2) is 10.9 Å². The zero-order valence-corrected chi connectivity index (χ0v) is 9.07. The Morgan fingerprint density at radius 3 is 2.69 bits per heavy atom. The molecule has 16 heavy (non-hydrogen) atoms. The molecule has 0 aliphatic rings. The van der Waals surface area contributed by atoms with Crippen LogP contribution in [0.4, 0.5) is 0 Å². The van der Waals surface area contributed by atoms with Crippen LogP contribution in [0.2, 0.25) is 5.22 Å². The molecule has 5 heteroatoms. The van der Waals surface area contributed by atoms with Gasteiger partial charge in [0.05, 0.1) is 6.54 Å². The van der Waals surface area contributed by atoms with Gasteiger partial charge in [0, 0.05) is 18.0 Å². The molecule has 0 atom stereocenters. The maximum atomic E-state index is 11.6. The van der Waals surface area contributed by atoms with Crippen LogP contribution in [0, 0.1) is 0 Å². The minimum atomic E-state index is -0.171. The number of hydrogen-bond acceptors (Lipinski definition) is 3. The van der Waals surface area contributed by atoms with Crippen LogP contribution in [0.5, 0.6) is 0 Å². The first-order chi connectivity index (χ1) is 7.75. The summed E-state index contributed by atoms with van der Waals surface area (Å²) in [5, 5.41) is 3.02. The zero-order chi connectivity index (χ0) is 11.4. The Bertz CT molecular complexity index is 482. The highest BCUT2D eigenvalue weighted by molar-refractivity contribution is 6.28. The highest BCUT2D eigenvalue weighted by atomic mass is 35.5. The number of carbonyl (C=O) groups excluding carboxylic acids is 1. The third-order valence-corrected chi connectivity index (χ3v) is 2.20. The fraction of sp³-hybridized carbons (Fsp3) is 0.0909. The van der Waals surface area contributed by atoms with Crippen molar-refractivity contribution in [1.82, 2.24) is 10.3 Å². The van der Waals surface area contributed by atoms with Gasteiger partial charge in [-0.25, -0.2) is 0 Å². The van der Waals surface area contributed by atoms with Crippen molar-refractivity contribution in [1.29, 1.82) is 0 Å². The van der Waals surface area contributed by atoms with Gasteiger partial charge in [0.25, 0.3) is 5.91 Å². The standard InChI is InChI=1S/C11H9ClN2O2/c12-10-2-1-9(16-10)7-14-11(15)8-3-5-13-6-4-8/h1-6H,7H2,(H,14,15). The summed E-state index contributed by atoms with van der Waals surface area (Å²) in [6.07, 6.45) is 3.14. The molecule has 0 aromatic carbocycles. The molecule has 0 spiro atoms. The second-order valence-corrected chi connectivity index (χ2v) is 3.50. The van der Waals surface area contributed by atoms with Gasteiger partial charge in [0.15, 0.2) is 5.22 Å². The molecule has 0 saturated heterocycles. The van der Waals surface area contributed by atoms with Gasteiger partial charge < -0.3 is 9.73 Å². The monoisotopic (exact) mass is 236 g/mol. The number of halogens is 1. The predicted molar refractivity (Wildman–Crippen MR) is 59.1 cm³/mol. The van der Waals surface area contributed by atoms with Gasteiger partial charge in [-0.1, -0.05) is 0 Å². The lowest BCUT2D eigenvalue weighted by Gasteiger charge is -2.02. The van der Waals surface area contributed by atoms with Gasteiger partial charge in [0.2, 0.25) is 0 Å². The molecule has 0 fully saturated rings. The number of hydrogen-bond donors (Lipinski definition) is 1. The van der Waals surface area contributed by atoms with E-state index in [2.05, 4.69) is 10.3 Å². The van der Waals surface area contributed by atoms with E-state index in [4.69, 9.17) is 16.0 Å². The van der Waals surface area contributed by atoms with Crippen LogP contribution in [0.15, 0.2) is 41.1 Å². The highest BCUT2D eigenvalue weighted by Crippen LogP contribution is 2.12. The van der Waals surface area contributed by atoms with Crippen molar-refractivity contribution in [3.63, 3.8) is 0 Å². The molecule has 2 aromatic rings. The van der Waals surface area contributed by atoms with Crippen LogP contribution in [0.3, 0.4) is 0 Å². The van der Waals surface area contributed by atoms with Gasteiger partial charge in [-0.05, 0) is 35.9 Å². The van der Waals surface area contributed by atoms with Gasteiger partial charge >= 0.3 is 0 Å². The third-order valence-electron chi connectivity index (χ3n) is 1.99. The first-order valence-electron chi connectivity index (χ1n) is 4.68. The number of aromatic nitrogens is 1. The van der Waals surface area contributed by atoms with Gasteiger partial charge in [0.1, 0.15) is 5.76 Å². The number of pyridine rings is 1. The van der Waals surface area contributed by atoms with Crippen molar-refractivity contribution in [2.75, 3.05) is 0 Å². The molecule has 1 amide bonds. The summed E-state index contributed by atoms with van der Waals surface area (Å²) in [5.41, 5.74) is 0.563. The molecule has 0 radical (unpaired) electrons. The molecule has 0 aliphatic carbocycles. The van der Waals surface area contributed by atoms with E-state index in [1.165, 1.54) is 0 Å². The summed E-state index contributed by atoms with van der Waals surface area (Å²) in [4.78, 5) is 15.4. The lowest BCUT2D eigenvalue weighted by atomic mass is 10.2. The SMILES string of the molecule is O=C(NCc1ccc(Cl)o1)c1ccncc1. The number of carbonyl (C=O) groups is 1. The molecule has 2 heterocycles. The Morgan fingerprint density at radius 2 is 2.06 bits per heavy atom. The number of nitrogens with one attached hydrogen (secondary N) is 1. The van der Waals surface area contributed by atoms with Crippen molar-refractivity contribution >= 4 is 17.5 Å². The van der Waals surface area contributed by atoms with E-state index < -0.39 is 0 Å². The van der Waals surface area contributed by atoms with Crippen LogP contribution >= 0.6 is 11.6 Å². The summed E-state index contributed by atoms with van der Waals surface area (Å²) >= 11 is 5.61. The summed E-state index contributed by atoms with van der Waals surface area (Å²) in [7, 11) is 0. The van der Waals surface area contributed by atoms with Crippen molar-refractivity contribution in [2.24, 2.45) is 0 Å². The van der Waals surface area contributed by atoms with Crippen molar-refractivity contribution in [3.8, 4) is 0 Å². The van der Waals surface area contributed by atoms with Crippen LogP contribution in [0.1, 0.15) is 16.1 Å². The predicted octanol–water partition coefficient (Wildman–Crippen LogP) is 2.26. The number of amides is 1. The molecule has 4 nitrogen and oxygen atoms in total. The Hall–Kier alpha value is -1.81. The number of nitrogens with zero attached hydrogens (tertiary/aromatic N) is 1. The molecule has 2 aromatic heterocycles. The maximum Gasteiger partial charge on any atom is 0.251 e. The van der Waals surface area contributed by atoms with E-state index in [0.29, 0.717) is 23.1 Å². The first-order valence-corrected chi connectivity index (χ1v) is 5.06. The fourth-order valence-corrected chi connectivity index (χ4v) is 1.38. The minimum Gasteiger partial charge on any atom is -0.448 e. The van der Waals surface area contributed by atoms with E-state index in [1.54, 1.807) is 36.7 Å². The zero-order valence-electron chi connectivity index (χ0n) is 8.31. The van der Waals surface area contributed by atoms with Crippen LogP contribution < -0.4 is 5.32 Å². The van der Waals surface area contributed by atoms with Crippen LogP contribution in [0.25, 0.3) is 0 Å². The van der Waals surface area contributed by atoms with E-state index in [0.717, 1.165) is 0 Å².